The van der Waals surface area contributed by atoms with E-state index in [9.17, 15) is 19.7 Å². The molecule has 1 amide bonds. The molecule has 2 aliphatic rings. The van der Waals surface area contributed by atoms with E-state index in [1.165, 1.54) is 17.0 Å². The van der Waals surface area contributed by atoms with E-state index in [4.69, 9.17) is 4.74 Å². The van der Waals surface area contributed by atoms with E-state index >= 15 is 0 Å². The van der Waals surface area contributed by atoms with Gasteiger partial charge in [-0.3, -0.25) is 24.7 Å². The number of hydrogen-bond acceptors (Lipinski definition) is 8. The summed E-state index contributed by atoms with van der Waals surface area (Å²) in [5.41, 5.74) is 3.87. The molecule has 3 heterocycles. The molecule has 3 aromatic rings. The van der Waals surface area contributed by atoms with Gasteiger partial charge in [-0.05, 0) is 41.2 Å². The number of hydrogen-bond donors (Lipinski definition) is 0. The van der Waals surface area contributed by atoms with Gasteiger partial charge < -0.3 is 14.5 Å². The molecule has 9 nitrogen and oxygen atoms in total. The number of fused-ring (bicyclic) bond motifs is 1. The van der Waals surface area contributed by atoms with Gasteiger partial charge in [0.2, 0.25) is 0 Å². The Morgan fingerprint density at radius 1 is 1.13 bits per heavy atom. The largest absolute Gasteiger partial charge is 0.378 e. The predicted octanol–water partition coefficient (Wildman–Crippen LogP) is 5.08. The number of anilines is 1. The first kappa shape index (κ1) is 26.0. The number of rotatable bonds is 5. The Bertz CT molecular complexity index is 1440. The number of benzene rings is 1. The number of amides is 1. The van der Waals surface area contributed by atoms with E-state index < -0.39 is 4.92 Å². The minimum absolute atomic E-state index is 0.153. The molecule has 1 aliphatic heterocycles. The van der Waals surface area contributed by atoms with E-state index in [1.807, 2.05) is 12.1 Å². The van der Waals surface area contributed by atoms with Crippen LogP contribution in [0.5, 0.6) is 0 Å². The van der Waals surface area contributed by atoms with Crippen LogP contribution in [0.1, 0.15) is 45.9 Å². The van der Waals surface area contributed by atoms with Crippen LogP contribution in [-0.2, 0) is 11.2 Å². The van der Waals surface area contributed by atoms with E-state index in [2.05, 4.69) is 23.7 Å². The van der Waals surface area contributed by atoms with Crippen LogP contribution in [0.4, 0.5) is 10.7 Å². The van der Waals surface area contributed by atoms with Crippen LogP contribution in [-0.4, -0.2) is 66.9 Å². The second-order valence-corrected chi connectivity index (χ2v) is 11.8. The number of nitro groups is 1. The van der Waals surface area contributed by atoms with E-state index in [-0.39, 0.29) is 28.4 Å². The van der Waals surface area contributed by atoms with Gasteiger partial charge in [-0.1, -0.05) is 13.8 Å². The Morgan fingerprint density at radius 2 is 1.87 bits per heavy atom. The Morgan fingerprint density at radius 3 is 2.55 bits per heavy atom. The summed E-state index contributed by atoms with van der Waals surface area (Å²) in [6.45, 7) is 6.96. The van der Waals surface area contributed by atoms with Crippen LogP contribution in [0.15, 0.2) is 36.5 Å². The highest BCUT2D eigenvalue weighted by molar-refractivity contribution is 7.19. The van der Waals surface area contributed by atoms with E-state index in [0.29, 0.717) is 30.9 Å². The molecule has 0 saturated carbocycles. The third-order valence-electron chi connectivity index (χ3n) is 6.96. The van der Waals surface area contributed by atoms with Gasteiger partial charge in [0.15, 0.2) is 5.78 Å². The highest BCUT2D eigenvalue weighted by atomic mass is 32.1. The molecule has 38 heavy (non-hydrogen) atoms. The van der Waals surface area contributed by atoms with Gasteiger partial charge in [0.05, 0.1) is 33.7 Å². The second kappa shape index (κ2) is 9.92. The van der Waals surface area contributed by atoms with Gasteiger partial charge in [-0.15, -0.1) is 11.3 Å². The maximum atomic E-state index is 13.2. The summed E-state index contributed by atoms with van der Waals surface area (Å²) in [4.78, 5) is 46.0. The van der Waals surface area contributed by atoms with Crippen LogP contribution in [0.25, 0.3) is 22.4 Å². The highest BCUT2D eigenvalue weighted by Crippen LogP contribution is 2.49. The number of carbonyl (C=O) groups is 2. The van der Waals surface area contributed by atoms with Crippen molar-refractivity contribution in [2.45, 2.75) is 26.7 Å². The number of thiophene rings is 1. The molecule has 1 aromatic carbocycles. The molecule has 5 rings (SSSR count). The maximum Gasteiger partial charge on any atom is 0.270 e. The van der Waals surface area contributed by atoms with Crippen molar-refractivity contribution in [2.24, 2.45) is 5.41 Å². The van der Waals surface area contributed by atoms with Crippen molar-refractivity contribution in [3.8, 4) is 22.4 Å². The van der Waals surface area contributed by atoms with Gasteiger partial charge >= 0.3 is 0 Å². The van der Waals surface area contributed by atoms with Crippen LogP contribution in [0, 0.1) is 15.5 Å². The summed E-state index contributed by atoms with van der Waals surface area (Å²) in [5.74, 6) is -0.157. The molecular formula is C28H30N4O5S. The summed E-state index contributed by atoms with van der Waals surface area (Å²) in [6.07, 6.45) is 2.97. The van der Waals surface area contributed by atoms with Crippen molar-refractivity contribution in [1.82, 2.24) is 9.88 Å². The van der Waals surface area contributed by atoms with Crippen molar-refractivity contribution in [2.75, 3.05) is 45.3 Å². The minimum atomic E-state index is -0.501. The summed E-state index contributed by atoms with van der Waals surface area (Å²) in [5, 5.41) is 12.7. The third kappa shape index (κ3) is 4.93. The lowest BCUT2D eigenvalue weighted by Crippen LogP contribution is -2.36. The summed E-state index contributed by atoms with van der Waals surface area (Å²) in [7, 11) is 3.21. The van der Waals surface area contributed by atoms with Crippen LogP contribution in [0.3, 0.4) is 0 Å². The van der Waals surface area contributed by atoms with Crippen molar-refractivity contribution < 1.29 is 19.2 Å². The molecule has 1 aliphatic carbocycles. The fourth-order valence-electron chi connectivity index (χ4n) is 5.18. The van der Waals surface area contributed by atoms with Gasteiger partial charge in [-0.25, -0.2) is 0 Å². The lowest BCUT2D eigenvalue weighted by Gasteiger charge is -2.30. The number of Topliss-reactive ketones (excluding diaryl/α,β-unsaturated/α-hetero) is 1. The zero-order chi connectivity index (χ0) is 27.2. The molecular weight excluding hydrogens is 504 g/mol. The number of nitro benzene ring substituents is 1. The first-order chi connectivity index (χ1) is 18.0. The molecule has 1 saturated heterocycles. The molecule has 2 aromatic heterocycles. The van der Waals surface area contributed by atoms with Crippen molar-refractivity contribution in [3.05, 3.63) is 62.6 Å². The Kier molecular flexibility index (Phi) is 6.79. The summed E-state index contributed by atoms with van der Waals surface area (Å²) >= 11 is 1.55. The number of ether oxygens (including phenoxy) is 1. The Hall–Kier alpha value is -3.63. The SMILES string of the molecule is CN(C)C(=O)c1cc(-c2cc(-c3c(N4CCOCC4)sc4c3CC(C)(C)CC4=O)ccn2)cc([N+](=O)[O-])c1. The number of pyridine rings is 1. The van der Waals surface area contributed by atoms with Gasteiger partial charge in [-0.2, -0.15) is 0 Å². The fraction of sp³-hybridized carbons (Fsp3) is 0.393. The quantitative estimate of drug-likeness (QED) is 0.332. The normalized spacial score (nSPS) is 16.7. The number of non-ortho nitro benzene ring substituents is 1. The molecule has 10 heteroatoms. The molecule has 0 bridgehead atoms. The summed E-state index contributed by atoms with van der Waals surface area (Å²) < 4.78 is 5.58. The molecule has 1 fully saturated rings. The third-order valence-corrected chi connectivity index (χ3v) is 8.29. The highest BCUT2D eigenvalue weighted by Gasteiger charge is 2.37. The fourth-order valence-corrected chi connectivity index (χ4v) is 6.51. The first-order valence-electron chi connectivity index (χ1n) is 12.5. The standard InChI is InChI=1S/C28H30N4O5S/c1-28(2)15-21-24(27(31-7-9-37-10-8-31)38-25(21)23(33)16-28)17-5-6-29-22(14-17)18-11-19(26(34)30(3)4)13-20(12-18)32(35)36/h5-6,11-14H,7-10,15-16H2,1-4H3. The van der Waals surface area contributed by atoms with E-state index in [0.717, 1.165) is 46.1 Å². The minimum Gasteiger partial charge on any atom is -0.378 e. The van der Waals surface area contributed by atoms with Gasteiger partial charge in [0.25, 0.3) is 11.6 Å². The molecule has 0 radical (unpaired) electrons. The second-order valence-electron chi connectivity index (χ2n) is 10.8. The average Bonchev–Trinajstić information content (AvgIpc) is 3.27. The monoisotopic (exact) mass is 534 g/mol. The van der Waals surface area contributed by atoms with Gasteiger partial charge in [0, 0.05) is 68.6 Å². The number of morpholine rings is 1. The lowest BCUT2D eigenvalue weighted by atomic mass is 9.75. The van der Waals surface area contributed by atoms with Crippen molar-refractivity contribution in [3.63, 3.8) is 0 Å². The number of ketones is 1. The van der Waals surface area contributed by atoms with Crippen molar-refractivity contribution >= 4 is 33.7 Å². The average molecular weight is 535 g/mol. The molecule has 0 unspecified atom stereocenters. The van der Waals surface area contributed by atoms with E-state index in [1.54, 1.807) is 37.7 Å². The number of carbonyl (C=O) groups excluding carboxylic acids is 2. The molecule has 0 N–H and O–H groups in total. The summed E-state index contributed by atoms with van der Waals surface area (Å²) in [6, 6.07) is 8.19. The number of aromatic nitrogens is 1. The maximum absolute atomic E-state index is 13.2. The Balaban J connectivity index is 1.67. The molecule has 0 atom stereocenters. The first-order valence-corrected chi connectivity index (χ1v) is 13.4. The smallest absolute Gasteiger partial charge is 0.270 e. The lowest BCUT2D eigenvalue weighted by molar-refractivity contribution is -0.384. The number of nitrogens with zero attached hydrogens (tertiary/aromatic N) is 4. The Labute approximate surface area is 225 Å². The molecule has 0 spiro atoms. The van der Waals surface area contributed by atoms with Crippen LogP contribution >= 0.6 is 11.3 Å². The van der Waals surface area contributed by atoms with Crippen LogP contribution < -0.4 is 4.90 Å². The predicted molar refractivity (Wildman–Crippen MR) is 147 cm³/mol. The topological polar surface area (TPSA) is 106 Å². The van der Waals surface area contributed by atoms with Crippen molar-refractivity contribution in [1.29, 1.82) is 0 Å². The zero-order valence-electron chi connectivity index (χ0n) is 21.9. The molecule has 198 valence electrons. The van der Waals surface area contributed by atoms with Crippen LogP contribution in [0.2, 0.25) is 0 Å². The van der Waals surface area contributed by atoms with Gasteiger partial charge in [0.1, 0.15) is 0 Å². The zero-order valence-corrected chi connectivity index (χ0v) is 22.8.